The average Bonchev–Trinajstić information content (AvgIpc) is 2.65. The number of carbonyl (C=O) groups excluding carboxylic acids is 1. The number of halogens is 1. The fraction of sp³-hybridized carbons (Fsp3) is 0.350. The van der Waals surface area contributed by atoms with E-state index in [4.69, 9.17) is 16.3 Å². The van der Waals surface area contributed by atoms with Crippen LogP contribution < -0.4 is 14.4 Å². The van der Waals surface area contributed by atoms with Crippen LogP contribution in [-0.2, 0) is 14.8 Å². The summed E-state index contributed by atoms with van der Waals surface area (Å²) in [7, 11) is -3.63. The number of sulfonamides is 1. The molecular weight excluding hydrogens is 400 g/mol. The van der Waals surface area contributed by atoms with E-state index in [-0.39, 0.29) is 19.1 Å². The Labute approximate surface area is 171 Å². The lowest BCUT2D eigenvalue weighted by Crippen LogP contribution is -2.49. The fourth-order valence-electron chi connectivity index (χ4n) is 2.76. The number of hydrogen-bond donors (Lipinski definition) is 1. The molecule has 2 aromatic carbocycles. The van der Waals surface area contributed by atoms with E-state index in [1.807, 2.05) is 13.0 Å². The number of ether oxygens (including phenoxy) is 1. The molecule has 0 saturated heterocycles. The molecule has 0 aliphatic heterocycles. The van der Waals surface area contributed by atoms with Gasteiger partial charge in [0.05, 0.1) is 18.5 Å². The van der Waals surface area contributed by atoms with Gasteiger partial charge in [-0.25, -0.2) is 8.42 Å². The lowest BCUT2D eigenvalue weighted by Gasteiger charge is -2.30. The number of anilines is 1. The third-order valence-electron chi connectivity index (χ3n) is 4.15. The van der Waals surface area contributed by atoms with E-state index in [1.54, 1.807) is 49.4 Å². The topological polar surface area (TPSA) is 75.7 Å². The van der Waals surface area contributed by atoms with Crippen LogP contribution in [0.2, 0.25) is 5.02 Å². The molecule has 2 rings (SSSR count). The Hall–Kier alpha value is -2.25. The summed E-state index contributed by atoms with van der Waals surface area (Å²) in [6.07, 6.45) is 1.43. The molecule has 8 heteroatoms. The summed E-state index contributed by atoms with van der Waals surface area (Å²) in [6, 6.07) is 13.1. The predicted molar refractivity (Wildman–Crippen MR) is 113 cm³/mol. The van der Waals surface area contributed by atoms with E-state index in [0.29, 0.717) is 22.9 Å². The molecule has 2 aromatic rings. The largest absolute Gasteiger partial charge is 0.492 e. The van der Waals surface area contributed by atoms with Gasteiger partial charge in [-0.3, -0.25) is 9.10 Å². The van der Waals surface area contributed by atoms with E-state index in [2.05, 4.69) is 5.32 Å². The number of benzene rings is 2. The highest BCUT2D eigenvalue weighted by Crippen LogP contribution is 2.23. The number of amides is 1. The minimum atomic E-state index is -3.63. The zero-order chi connectivity index (χ0) is 20.7. The summed E-state index contributed by atoms with van der Waals surface area (Å²) in [5, 5.41) is 3.36. The smallest absolute Gasteiger partial charge is 0.244 e. The highest BCUT2D eigenvalue weighted by Gasteiger charge is 2.31. The first kappa shape index (κ1) is 22.0. The third kappa shape index (κ3) is 5.87. The van der Waals surface area contributed by atoms with Gasteiger partial charge in [0.15, 0.2) is 0 Å². The van der Waals surface area contributed by atoms with Crippen LogP contribution in [0.5, 0.6) is 5.75 Å². The summed E-state index contributed by atoms with van der Waals surface area (Å²) in [5.74, 6) is 0.237. The van der Waals surface area contributed by atoms with Gasteiger partial charge >= 0.3 is 0 Å². The van der Waals surface area contributed by atoms with E-state index < -0.39 is 16.1 Å². The molecule has 1 amide bonds. The number of nitrogens with one attached hydrogen (secondary N) is 1. The lowest BCUT2D eigenvalue weighted by molar-refractivity contribution is -0.122. The Morgan fingerprint density at radius 3 is 2.46 bits per heavy atom. The number of hydrogen-bond acceptors (Lipinski definition) is 4. The van der Waals surface area contributed by atoms with Gasteiger partial charge in [-0.05, 0) is 43.2 Å². The second-order valence-corrected chi connectivity index (χ2v) is 8.64. The molecule has 0 heterocycles. The summed E-state index contributed by atoms with van der Waals surface area (Å²) < 4.78 is 31.4. The molecule has 0 saturated carbocycles. The highest BCUT2D eigenvalue weighted by molar-refractivity contribution is 7.92. The number of aryl methyl sites for hydroxylation is 1. The van der Waals surface area contributed by atoms with Crippen molar-refractivity contribution in [3.05, 3.63) is 59.1 Å². The van der Waals surface area contributed by atoms with Crippen molar-refractivity contribution in [2.75, 3.05) is 23.7 Å². The second kappa shape index (κ2) is 9.80. The highest BCUT2D eigenvalue weighted by atomic mass is 35.5. The van der Waals surface area contributed by atoms with Gasteiger partial charge in [0.1, 0.15) is 18.4 Å². The Bertz CT molecular complexity index is 904. The van der Waals surface area contributed by atoms with Crippen LogP contribution in [0.15, 0.2) is 48.5 Å². The number of para-hydroxylation sites is 1. The molecule has 6 nitrogen and oxygen atoms in total. The van der Waals surface area contributed by atoms with E-state index in [0.717, 1.165) is 16.1 Å². The van der Waals surface area contributed by atoms with Crippen molar-refractivity contribution in [3.63, 3.8) is 0 Å². The lowest BCUT2D eigenvalue weighted by atomic mass is 10.2. The predicted octanol–water partition coefficient (Wildman–Crippen LogP) is 3.39. The molecule has 1 unspecified atom stereocenters. The number of carbonyl (C=O) groups is 1. The van der Waals surface area contributed by atoms with Crippen LogP contribution in [-0.4, -0.2) is 39.8 Å². The Morgan fingerprint density at radius 2 is 1.89 bits per heavy atom. The van der Waals surface area contributed by atoms with Crippen molar-refractivity contribution in [3.8, 4) is 5.75 Å². The van der Waals surface area contributed by atoms with E-state index in [1.165, 1.54) is 0 Å². The van der Waals surface area contributed by atoms with Crippen molar-refractivity contribution in [1.29, 1.82) is 0 Å². The molecule has 0 bridgehead atoms. The quantitative estimate of drug-likeness (QED) is 0.626. The maximum Gasteiger partial charge on any atom is 0.244 e. The zero-order valence-electron chi connectivity index (χ0n) is 16.2. The Kier molecular flexibility index (Phi) is 7.71. The molecule has 28 heavy (non-hydrogen) atoms. The zero-order valence-corrected chi connectivity index (χ0v) is 17.8. The van der Waals surface area contributed by atoms with Crippen molar-refractivity contribution in [2.45, 2.75) is 26.3 Å². The van der Waals surface area contributed by atoms with Crippen LogP contribution in [0.4, 0.5) is 5.69 Å². The second-order valence-electron chi connectivity index (χ2n) is 6.37. The number of rotatable bonds is 9. The van der Waals surface area contributed by atoms with Crippen molar-refractivity contribution in [2.24, 2.45) is 0 Å². The molecule has 0 aliphatic rings. The maximum atomic E-state index is 12.7. The molecule has 152 valence electrons. The third-order valence-corrected chi connectivity index (χ3v) is 5.74. The number of nitrogens with zero attached hydrogens (tertiary/aromatic N) is 1. The first-order chi connectivity index (χ1) is 13.2. The normalized spacial score (nSPS) is 12.3. The summed E-state index contributed by atoms with van der Waals surface area (Å²) in [6.45, 7) is 4.16. The first-order valence-electron chi connectivity index (χ1n) is 8.95. The minimum Gasteiger partial charge on any atom is -0.492 e. The van der Waals surface area contributed by atoms with E-state index in [9.17, 15) is 13.2 Å². The molecule has 0 aliphatic carbocycles. The monoisotopic (exact) mass is 424 g/mol. The Morgan fingerprint density at radius 1 is 1.21 bits per heavy atom. The summed E-state index contributed by atoms with van der Waals surface area (Å²) >= 11 is 6.06. The van der Waals surface area contributed by atoms with Gasteiger partial charge in [0.25, 0.3) is 0 Å². The average molecular weight is 425 g/mol. The van der Waals surface area contributed by atoms with Crippen molar-refractivity contribution >= 4 is 33.2 Å². The molecule has 0 radical (unpaired) electrons. The Balaban J connectivity index is 2.00. The molecule has 0 aromatic heterocycles. The van der Waals surface area contributed by atoms with Crippen LogP contribution in [0.1, 0.15) is 18.9 Å². The summed E-state index contributed by atoms with van der Waals surface area (Å²) in [4.78, 5) is 12.7. The van der Waals surface area contributed by atoms with Crippen molar-refractivity contribution < 1.29 is 17.9 Å². The van der Waals surface area contributed by atoms with Gasteiger partial charge in [-0.1, -0.05) is 42.8 Å². The van der Waals surface area contributed by atoms with Crippen molar-refractivity contribution in [1.82, 2.24) is 5.32 Å². The maximum absolute atomic E-state index is 12.7. The SMILES string of the molecule is CCC(C(=O)NCCOc1ccc(C)c(Cl)c1)N(c1ccccc1)S(C)(=O)=O. The fourth-order valence-corrected chi connectivity index (χ4v) is 4.14. The first-order valence-corrected chi connectivity index (χ1v) is 11.2. The van der Waals surface area contributed by atoms with Gasteiger partial charge in [0.2, 0.25) is 15.9 Å². The van der Waals surface area contributed by atoms with Crippen LogP contribution in [0.25, 0.3) is 0 Å². The summed E-state index contributed by atoms with van der Waals surface area (Å²) in [5.41, 5.74) is 1.41. The molecular formula is C20H25ClN2O4S. The van der Waals surface area contributed by atoms with Crippen LogP contribution in [0, 0.1) is 6.92 Å². The van der Waals surface area contributed by atoms with Gasteiger partial charge < -0.3 is 10.1 Å². The van der Waals surface area contributed by atoms with Gasteiger partial charge in [0, 0.05) is 5.02 Å². The molecule has 1 atom stereocenters. The van der Waals surface area contributed by atoms with Crippen LogP contribution in [0.3, 0.4) is 0 Å². The minimum absolute atomic E-state index is 0.242. The van der Waals surface area contributed by atoms with Crippen LogP contribution >= 0.6 is 11.6 Å². The molecule has 1 N–H and O–H groups in total. The van der Waals surface area contributed by atoms with Gasteiger partial charge in [-0.15, -0.1) is 0 Å². The van der Waals surface area contributed by atoms with Gasteiger partial charge in [-0.2, -0.15) is 0 Å². The molecule has 0 fully saturated rings. The standard InChI is InChI=1S/C20H25ClN2O4S/c1-4-19(23(28(3,25)26)16-8-6-5-7-9-16)20(24)22-12-13-27-17-11-10-15(2)18(21)14-17/h5-11,14,19H,4,12-13H2,1-3H3,(H,22,24). The van der Waals surface area contributed by atoms with E-state index >= 15 is 0 Å². The molecule has 0 spiro atoms.